The lowest BCUT2D eigenvalue weighted by atomic mass is 10.1. The molecule has 0 amide bonds. The fourth-order valence-corrected chi connectivity index (χ4v) is 8.13. The number of hydrogen-bond donors (Lipinski definition) is 1. The first kappa shape index (κ1) is 25.0. The Balaban J connectivity index is 2.00. The largest absolute Gasteiger partial charge is 0.372 e. The summed E-state index contributed by atoms with van der Waals surface area (Å²) in [5.74, 6) is 6.51. The zero-order chi connectivity index (χ0) is 24.6. The zero-order valence-electron chi connectivity index (χ0n) is 19.8. The number of likely N-dealkylation sites (N-methyl/N-ethyl adjacent to an activating group) is 1. The summed E-state index contributed by atoms with van der Waals surface area (Å²) in [6.45, 7) is 10.6. The van der Waals surface area contributed by atoms with Gasteiger partial charge in [-0.1, -0.05) is 43.6 Å². The molecule has 1 unspecified atom stereocenters. The van der Waals surface area contributed by atoms with Crippen LogP contribution in [0.2, 0.25) is 5.02 Å². The fourth-order valence-electron chi connectivity index (χ4n) is 4.51. The maximum Gasteiger partial charge on any atom is 0.233 e. The lowest BCUT2D eigenvalue weighted by molar-refractivity contribution is 0.0338. The molecule has 2 aromatic heterocycles. The fraction of sp³-hybridized carbons (Fsp3) is 0.360. The van der Waals surface area contributed by atoms with E-state index in [4.69, 9.17) is 22.2 Å². The summed E-state index contributed by atoms with van der Waals surface area (Å²) >= 11 is 7.44. The quantitative estimate of drug-likeness (QED) is 0.283. The number of aryl methyl sites for hydroxylation is 1. The second kappa shape index (κ2) is 9.87. The number of halogens is 1. The summed E-state index contributed by atoms with van der Waals surface area (Å²) in [6.07, 6.45) is -0.450. The number of para-hydroxylation sites is 1. The average molecular weight is 520 g/mol. The average Bonchev–Trinajstić information content (AvgIpc) is 3.32. The SMILES string of the molecule is CCOC(CN(CC)CC)c1c(S(=O)(=O)c2sc3ccc(Cl)cc3c2C)n(N)c2ccccc12. The van der Waals surface area contributed by atoms with Crippen molar-refractivity contribution in [2.75, 3.05) is 32.1 Å². The van der Waals surface area contributed by atoms with E-state index in [1.165, 1.54) is 16.0 Å². The Labute approximate surface area is 209 Å². The van der Waals surface area contributed by atoms with Crippen molar-refractivity contribution in [3.05, 3.63) is 58.6 Å². The molecule has 0 aliphatic carbocycles. The highest BCUT2D eigenvalue weighted by Crippen LogP contribution is 2.42. The third-order valence-corrected chi connectivity index (χ3v) is 10.2. The van der Waals surface area contributed by atoms with Crippen LogP contribution in [-0.2, 0) is 14.6 Å². The number of aromatic nitrogens is 1. The molecule has 6 nitrogen and oxygen atoms in total. The standard InChI is InChI=1S/C25H30ClN3O3S2/c1-5-28(6-2)15-21(32-7-3)23-18-10-8-9-11-20(18)29(27)24(23)34(30,31)25-16(4)19-14-17(26)12-13-22(19)33-25/h8-14,21H,5-7,15,27H2,1-4H3. The maximum absolute atomic E-state index is 14.3. The molecule has 0 aliphatic rings. The van der Waals surface area contributed by atoms with Crippen molar-refractivity contribution >= 4 is 53.8 Å². The molecule has 4 rings (SSSR count). The van der Waals surface area contributed by atoms with E-state index in [2.05, 4.69) is 18.7 Å². The van der Waals surface area contributed by atoms with Crippen molar-refractivity contribution in [1.29, 1.82) is 0 Å². The van der Waals surface area contributed by atoms with E-state index < -0.39 is 15.9 Å². The third kappa shape index (κ3) is 4.22. The van der Waals surface area contributed by atoms with Crippen LogP contribution in [0.15, 0.2) is 51.7 Å². The molecule has 2 aromatic carbocycles. The van der Waals surface area contributed by atoms with E-state index in [1.807, 2.05) is 50.2 Å². The van der Waals surface area contributed by atoms with Gasteiger partial charge in [0.05, 0.1) is 11.6 Å². The minimum atomic E-state index is -3.97. The van der Waals surface area contributed by atoms with Gasteiger partial charge < -0.3 is 15.5 Å². The first-order valence-electron chi connectivity index (χ1n) is 11.4. The van der Waals surface area contributed by atoms with Crippen LogP contribution in [0.3, 0.4) is 0 Å². The Kier molecular flexibility index (Phi) is 7.26. The molecule has 1 atom stereocenters. The van der Waals surface area contributed by atoms with Crippen LogP contribution in [0.1, 0.15) is 38.0 Å². The van der Waals surface area contributed by atoms with Gasteiger partial charge in [0.15, 0.2) is 5.03 Å². The van der Waals surface area contributed by atoms with Crippen LogP contribution >= 0.6 is 22.9 Å². The number of hydrogen-bond acceptors (Lipinski definition) is 6. The van der Waals surface area contributed by atoms with Crippen molar-refractivity contribution in [3.63, 3.8) is 0 Å². The van der Waals surface area contributed by atoms with Gasteiger partial charge in [-0.15, -0.1) is 11.3 Å². The number of nitrogen functional groups attached to an aromatic ring is 1. The smallest absolute Gasteiger partial charge is 0.233 e. The highest BCUT2D eigenvalue weighted by molar-refractivity contribution is 7.93. The molecule has 2 heterocycles. The second-order valence-corrected chi connectivity index (χ2v) is 11.7. The number of rotatable bonds is 9. The van der Waals surface area contributed by atoms with Gasteiger partial charge in [0, 0.05) is 33.8 Å². The van der Waals surface area contributed by atoms with Crippen molar-refractivity contribution in [2.24, 2.45) is 0 Å². The van der Waals surface area contributed by atoms with Gasteiger partial charge >= 0.3 is 0 Å². The van der Waals surface area contributed by atoms with Gasteiger partial charge in [0.1, 0.15) is 4.21 Å². The van der Waals surface area contributed by atoms with E-state index >= 15 is 0 Å². The van der Waals surface area contributed by atoms with E-state index in [-0.39, 0.29) is 9.24 Å². The monoisotopic (exact) mass is 519 g/mol. The Morgan fingerprint density at radius 2 is 1.82 bits per heavy atom. The van der Waals surface area contributed by atoms with Crippen LogP contribution < -0.4 is 5.84 Å². The number of thiophene rings is 1. The molecule has 0 bridgehead atoms. The Morgan fingerprint density at radius 3 is 2.50 bits per heavy atom. The normalized spacial score (nSPS) is 13.4. The number of ether oxygens (including phenoxy) is 1. The Morgan fingerprint density at radius 1 is 1.12 bits per heavy atom. The molecule has 0 radical (unpaired) electrons. The summed E-state index contributed by atoms with van der Waals surface area (Å²) < 4.78 is 37.1. The molecule has 0 aliphatic heterocycles. The summed E-state index contributed by atoms with van der Waals surface area (Å²) in [5, 5.41) is 2.28. The van der Waals surface area contributed by atoms with Gasteiger partial charge in [-0.3, -0.25) is 4.68 Å². The summed E-state index contributed by atoms with van der Waals surface area (Å²) in [4.78, 5) is 2.23. The predicted molar refractivity (Wildman–Crippen MR) is 141 cm³/mol. The molecule has 0 fully saturated rings. The molecule has 0 saturated carbocycles. The highest BCUT2D eigenvalue weighted by Gasteiger charge is 2.35. The van der Waals surface area contributed by atoms with Crippen molar-refractivity contribution in [3.8, 4) is 0 Å². The van der Waals surface area contributed by atoms with Crippen LogP contribution in [-0.4, -0.2) is 44.2 Å². The number of sulfone groups is 1. The third-order valence-electron chi connectivity index (χ3n) is 6.26. The van der Waals surface area contributed by atoms with Crippen molar-refractivity contribution in [2.45, 2.75) is 43.0 Å². The summed E-state index contributed by atoms with van der Waals surface area (Å²) in [6, 6.07) is 13.0. The lowest BCUT2D eigenvalue weighted by Crippen LogP contribution is -2.30. The highest BCUT2D eigenvalue weighted by atomic mass is 35.5. The molecular weight excluding hydrogens is 490 g/mol. The van der Waals surface area contributed by atoms with Gasteiger partial charge in [-0.05, 0) is 62.2 Å². The van der Waals surface area contributed by atoms with Crippen LogP contribution in [0.4, 0.5) is 0 Å². The molecule has 34 heavy (non-hydrogen) atoms. The molecular formula is C25H30ClN3O3S2. The van der Waals surface area contributed by atoms with E-state index in [0.717, 1.165) is 28.6 Å². The molecule has 0 saturated heterocycles. The Hall–Kier alpha value is -2.10. The zero-order valence-corrected chi connectivity index (χ0v) is 22.2. The summed E-state index contributed by atoms with van der Waals surface area (Å²) in [5.41, 5.74) is 1.94. The maximum atomic E-state index is 14.3. The predicted octanol–water partition coefficient (Wildman–Crippen LogP) is 5.78. The number of nitrogens with two attached hydrogens (primary N) is 1. The minimum absolute atomic E-state index is 0.0834. The van der Waals surface area contributed by atoms with E-state index in [9.17, 15) is 8.42 Å². The first-order valence-corrected chi connectivity index (χ1v) is 14.1. The van der Waals surface area contributed by atoms with E-state index in [0.29, 0.717) is 34.8 Å². The number of fused-ring (bicyclic) bond motifs is 2. The number of nitrogens with zero attached hydrogens (tertiary/aromatic N) is 2. The van der Waals surface area contributed by atoms with Gasteiger partial charge in [-0.25, -0.2) is 8.42 Å². The van der Waals surface area contributed by atoms with Crippen LogP contribution in [0, 0.1) is 6.92 Å². The van der Waals surface area contributed by atoms with E-state index in [1.54, 1.807) is 6.07 Å². The van der Waals surface area contributed by atoms with Gasteiger partial charge in [0.2, 0.25) is 9.84 Å². The summed E-state index contributed by atoms with van der Waals surface area (Å²) in [7, 11) is -3.97. The molecule has 182 valence electrons. The minimum Gasteiger partial charge on any atom is -0.372 e. The lowest BCUT2D eigenvalue weighted by Gasteiger charge is -2.26. The topological polar surface area (TPSA) is 77.6 Å². The van der Waals surface area contributed by atoms with Crippen molar-refractivity contribution < 1.29 is 13.2 Å². The van der Waals surface area contributed by atoms with Gasteiger partial charge in [0.25, 0.3) is 0 Å². The van der Waals surface area contributed by atoms with Crippen LogP contribution in [0.5, 0.6) is 0 Å². The molecule has 9 heteroatoms. The van der Waals surface area contributed by atoms with Crippen LogP contribution in [0.25, 0.3) is 21.0 Å². The second-order valence-electron chi connectivity index (χ2n) is 8.19. The molecule has 2 N–H and O–H groups in total. The first-order chi connectivity index (χ1) is 16.2. The van der Waals surface area contributed by atoms with Crippen molar-refractivity contribution in [1.82, 2.24) is 9.58 Å². The van der Waals surface area contributed by atoms with Gasteiger partial charge in [-0.2, -0.15) is 0 Å². The Bertz CT molecular complexity index is 1440. The molecule has 4 aromatic rings. The number of benzene rings is 2. The molecule has 0 spiro atoms.